The van der Waals surface area contributed by atoms with Crippen LogP contribution in [-0.4, -0.2) is 14.9 Å². The molecule has 0 aromatic heterocycles. The molecule has 0 aliphatic heterocycles. The molecule has 1 aliphatic rings. The molecule has 0 atom stereocenters. The van der Waals surface area contributed by atoms with E-state index in [1.807, 2.05) is 0 Å². The Morgan fingerprint density at radius 2 is 2.00 bits per heavy atom. The van der Waals surface area contributed by atoms with E-state index in [0.29, 0.717) is 0 Å². The Morgan fingerprint density at radius 1 is 1.38 bits per heavy atom. The zero-order chi connectivity index (χ0) is 10.6. The molecule has 0 fully saturated rings. The van der Waals surface area contributed by atoms with Gasteiger partial charge in [0.2, 0.25) is 0 Å². The summed E-state index contributed by atoms with van der Waals surface area (Å²) in [7, 11) is -1.37. The molecule has 16 heavy (non-hydrogen) atoms. The van der Waals surface area contributed by atoms with Crippen LogP contribution in [0, 0.1) is 0 Å². The van der Waals surface area contributed by atoms with E-state index < -0.39 is 8.32 Å². The Bertz CT molecular complexity index is 265. The fourth-order valence-corrected chi connectivity index (χ4v) is 3.99. The van der Waals surface area contributed by atoms with Gasteiger partial charge in [-0.15, -0.1) is 0 Å². The van der Waals surface area contributed by atoms with E-state index >= 15 is 0 Å². The predicted octanol–water partition coefficient (Wildman–Crippen LogP) is -2.61. The van der Waals surface area contributed by atoms with E-state index in [1.54, 1.807) is 9.45 Å². The summed E-state index contributed by atoms with van der Waals surface area (Å²) in [4.78, 5) is 0. The molecule has 5 heteroatoms. The van der Waals surface area contributed by atoms with Gasteiger partial charge in [-0.1, -0.05) is 0 Å². The molecule has 0 radical (unpaired) electrons. The van der Waals surface area contributed by atoms with E-state index in [9.17, 15) is 0 Å². The molecule has 0 amide bonds. The predicted molar refractivity (Wildman–Crippen MR) is 59.3 cm³/mol. The van der Waals surface area contributed by atoms with Crippen LogP contribution in [-0.2, 0) is 24.9 Å². The van der Waals surface area contributed by atoms with Crippen LogP contribution in [0.1, 0.15) is 19.8 Å². The van der Waals surface area contributed by atoms with Crippen LogP contribution in [0.5, 0.6) is 0 Å². The fourth-order valence-electron chi connectivity index (χ4n) is 1.68. The Hall–Kier alpha value is 0.951. The second-order valence-corrected chi connectivity index (χ2v) is 9.55. The minimum Gasteiger partial charge on any atom is -1.00 e. The van der Waals surface area contributed by atoms with E-state index in [-0.39, 0.29) is 24.8 Å². The summed E-state index contributed by atoms with van der Waals surface area (Å²) in [6.07, 6.45) is 6.92. The van der Waals surface area contributed by atoms with Gasteiger partial charge in [0.1, 0.15) is 0 Å². The molecule has 0 saturated heterocycles. The monoisotopic (exact) mass is 313 g/mol. The molecule has 0 bridgehead atoms. The van der Waals surface area contributed by atoms with Gasteiger partial charge in [-0.2, -0.15) is 0 Å². The summed E-state index contributed by atoms with van der Waals surface area (Å²) in [6, 6.07) is 1.25. The molecule has 0 N–H and O–H groups in total. The van der Waals surface area contributed by atoms with Crippen LogP contribution in [0.25, 0.3) is 0 Å². The van der Waals surface area contributed by atoms with Gasteiger partial charge in [0, 0.05) is 0 Å². The molecule has 0 aromatic carbocycles. The van der Waals surface area contributed by atoms with E-state index in [4.69, 9.17) is 4.43 Å². The molecule has 1 aliphatic carbocycles. The Kier molecular flexibility index (Phi) is 10.8. The van der Waals surface area contributed by atoms with Crippen molar-refractivity contribution in [3.05, 3.63) is 21.6 Å². The second kappa shape index (κ2) is 8.96. The molecule has 0 heterocycles. The summed E-state index contributed by atoms with van der Waals surface area (Å²) < 4.78 is 7.36. The average Bonchev–Trinajstić information content (AvgIpc) is 2.48. The first kappa shape index (κ1) is 19.3. The van der Waals surface area contributed by atoms with Crippen molar-refractivity contribution < 1.29 is 49.7 Å². The van der Waals surface area contributed by atoms with E-state index in [0.717, 1.165) is 13.0 Å². The van der Waals surface area contributed by atoms with Crippen molar-refractivity contribution in [3.63, 3.8) is 0 Å². The molecule has 0 aromatic rings. The summed E-state index contributed by atoms with van der Waals surface area (Å²) in [5, 5.41) is 0. The van der Waals surface area contributed by atoms with Crippen molar-refractivity contribution in [2.75, 3.05) is 6.61 Å². The molecular weight excluding hydrogens is 295 g/mol. The van der Waals surface area contributed by atoms with Crippen LogP contribution in [0.15, 0.2) is 21.6 Å². The van der Waals surface area contributed by atoms with E-state index in [2.05, 4.69) is 52.6 Å². The Morgan fingerprint density at radius 3 is 2.44 bits per heavy atom. The van der Waals surface area contributed by atoms with Gasteiger partial charge in [0.05, 0.1) is 0 Å². The van der Waals surface area contributed by atoms with Crippen molar-refractivity contribution >= 4 is 8.32 Å². The number of hydrogen-bond acceptors (Lipinski definition) is 1. The summed E-state index contributed by atoms with van der Waals surface area (Å²) in [5.41, 5.74) is 1.55. The molecule has 91 valence electrons. The maximum absolute atomic E-state index is 5.82. The minimum absolute atomic E-state index is 0. The summed E-state index contributed by atoms with van der Waals surface area (Å²) >= 11 is 2.24. The molecule has 0 unspecified atom stereocenters. The van der Waals surface area contributed by atoms with Crippen molar-refractivity contribution in [1.29, 1.82) is 0 Å². The van der Waals surface area contributed by atoms with Gasteiger partial charge in [0.25, 0.3) is 0 Å². The molecule has 1 rings (SSSR count). The van der Waals surface area contributed by atoms with Crippen LogP contribution in [0.3, 0.4) is 0 Å². The normalized spacial score (nSPS) is 14.8. The van der Waals surface area contributed by atoms with Crippen molar-refractivity contribution in [3.8, 4) is 0 Å². The first-order valence-corrected chi connectivity index (χ1v) is 9.19. The van der Waals surface area contributed by atoms with Crippen molar-refractivity contribution in [2.24, 2.45) is 0 Å². The van der Waals surface area contributed by atoms with Crippen LogP contribution >= 0.6 is 0 Å². The number of hydrogen-bond donors (Lipinski definition) is 0. The number of halogens is 2. The number of allylic oxidation sites excluding steroid dienone is 4. The quantitative estimate of drug-likeness (QED) is 0.505. The van der Waals surface area contributed by atoms with Gasteiger partial charge in [-0.05, 0) is 0 Å². The van der Waals surface area contributed by atoms with Gasteiger partial charge >= 0.3 is 100 Å². The van der Waals surface area contributed by atoms with Crippen LogP contribution < -0.4 is 24.8 Å². The molecule has 0 saturated carbocycles. The summed E-state index contributed by atoms with van der Waals surface area (Å²) in [6.45, 7) is 7.58. The third kappa shape index (κ3) is 6.63. The maximum Gasteiger partial charge on any atom is -1.00 e. The minimum atomic E-state index is -1.37. The smallest absolute Gasteiger partial charge is 1.00 e. The van der Waals surface area contributed by atoms with Crippen molar-refractivity contribution in [1.82, 2.24) is 0 Å². The Labute approximate surface area is 124 Å². The van der Waals surface area contributed by atoms with Crippen LogP contribution in [0.4, 0.5) is 0 Å². The van der Waals surface area contributed by atoms with Gasteiger partial charge in [-0.25, -0.2) is 0 Å². The first-order valence-electron chi connectivity index (χ1n) is 5.29. The van der Waals surface area contributed by atoms with Crippen molar-refractivity contribution in [2.45, 2.75) is 38.9 Å². The summed E-state index contributed by atoms with van der Waals surface area (Å²) in [5.74, 6) is 0. The Balaban J connectivity index is 0. The SMILES string of the molecule is CCO[Si](C)(C)CCC1=[C]([Ti+2])CC=C1.[Cl-].[Cl-]. The zero-order valence-electron chi connectivity index (χ0n) is 10.1. The van der Waals surface area contributed by atoms with Gasteiger partial charge < -0.3 is 24.8 Å². The molecular formula is C11H19Cl2OSiTi. The van der Waals surface area contributed by atoms with Gasteiger partial charge in [0.15, 0.2) is 0 Å². The largest absolute Gasteiger partial charge is 1.00 e. The molecule has 1 nitrogen and oxygen atoms in total. The van der Waals surface area contributed by atoms with Gasteiger partial charge in [-0.3, -0.25) is 0 Å². The first-order chi connectivity index (χ1) is 6.55. The topological polar surface area (TPSA) is 9.23 Å². The molecule has 0 spiro atoms. The van der Waals surface area contributed by atoms with E-state index in [1.165, 1.54) is 12.5 Å². The van der Waals surface area contributed by atoms with Crippen LogP contribution in [0.2, 0.25) is 19.1 Å². The maximum atomic E-state index is 5.82. The average molecular weight is 314 g/mol. The number of rotatable bonds is 5. The third-order valence-electron chi connectivity index (χ3n) is 2.56. The fraction of sp³-hybridized carbons (Fsp3) is 0.636. The second-order valence-electron chi connectivity index (χ2n) is 4.30. The third-order valence-corrected chi connectivity index (χ3v) is 5.90. The standard InChI is InChI=1S/C11H19OSi.2ClH.Ti/c1-4-12-13(2,3)10-9-11-7-5-6-8-11;;;/h5,7H,4,6,9-10H2,1-3H3;2*1H;/q;;;+2/p-2. The zero-order valence-corrected chi connectivity index (χ0v) is 14.2.